The van der Waals surface area contributed by atoms with Gasteiger partial charge in [0, 0.05) is 5.69 Å². The molecule has 6 nitrogen and oxygen atoms in total. The fraction of sp³-hybridized carbons (Fsp3) is 0.278. The monoisotopic (exact) mass is 323 g/mol. The molecule has 0 amide bonds. The zero-order chi connectivity index (χ0) is 16.8. The molecule has 0 aliphatic heterocycles. The van der Waals surface area contributed by atoms with E-state index in [9.17, 15) is 0 Å². The van der Waals surface area contributed by atoms with Crippen molar-refractivity contribution in [2.45, 2.75) is 33.2 Å². The first-order valence-electron chi connectivity index (χ1n) is 8.14. The smallest absolute Gasteiger partial charge is 0.249 e. The van der Waals surface area contributed by atoms with E-state index in [0.717, 1.165) is 24.3 Å². The molecule has 0 aliphatic carbocycles. The average Bonchev–Trinajstić information content (AvgIpc) is 3.14. The van der Waals surface area contributed by atoms with Gasteiger partial charge < -0.3 is 15.1 Å². The van der Waals surface area contributed by atoms with Gasteiger partial charge in [-0.25, -0.2) is 0 Å². The number of furan rings is 1. The Labute approximate surface area is 141 Å². The molecular formula is C18H21N5O. The molecule has 0 unspecified atom stereocenters. The Morgan fingerprint density at radius 3 is 2.50 bits per heavy atom. The summed E-state index contributed by atoms with van der Waals surface area (Å²) in [5.41, 5.74) is 3.56. The minimum Gasteiger partial charge on any atom is -0.467 e. The van der Waals surface area contributed by atoms with E-state index in [1.54, 1.807) is 12.5 Å². The van der Waals surface area contributed by atoms with Gasteiger partial charge in [-0.15, -0.1) is 5.10 Å². The van der Waals surface area contributed by atoms with Gasteiger partial charge in [0.1, 0.15) is 5.76 Å². The highest BCUT2D eigenvalue weighted by molar-refractivity contribution is 5.64. The summed E-state index contributed by atoms with van der Waals surface area (Å²) in [5.74, 6) is 1.97. The van der Waals surface area contributed by atoms with E-state index >= 15 is 0 Å². The number of nitrogens with zero attached hydrogens (tertiary/aromatic N) is 3. The number of aromatic nitrogens is 3. The molecule has 0 radical (unpaired) electrons. The molecule has 0 fully saturated rings. The van der Waals surface area contributed by atoms with E-state index in [0.29, 0.717) is 18.3 Å². The first-order valence-corrected chi connectivity index (χ1v) is 8.14. The van der Waals surface area contributed by atoms with E-state index < -0.39 is 0 Å². The Bertz CT molecular complexity index is 764. The van der Waals surface area contributed by atoms with Gasteiger partial charge in [0.05, 0.1) is 19.0 Å². The van der Waals surface area contributed by atoms with Gasteiger partial charge in [0.15, 0.2) is 5.82 Å². The van der Waals surface area contributed by atoms with Gasteiger partial charge in [-0.2, -0.15) is 10.1 Å². The minimum atomic E-state index is 0.482. The second kappa shape index (κ2) is 7.59. The van der Waals surface area contributed by atoms with E-state index in [1.165, 1.54) is 11.1 Å². The summed E-state index contributed by atoms with van der Waals surface area (Å²) >= 11 is 0. The predicted octanol–water partition coefficient (Wildman–Crippen LogP) is 3.95. The third-order valence-corrected chi connectivity index (χ3v) is 3.82. The molecule has 0 saturated carbocycles. The molecule has 3 rings (SSSR count). The van der Waals surface area contributed by atoms with Crippen molar-refractivity contribution < 1.29 is 4.42 Å². The van der Waals surface area contributed by atoms with Crippen LogP contribution < -0.4 is 10.6 Å². The minimum absolute atomic E-state index is 0.482. The van der Waals surface area contributed by atoms with Crippen LogP contribution in [0.5, 0.6) is 0 Å². The molecule has 124 valence electrons. The van der Waals surface area contributed by atoms with Crippen molar-refractivity contribution in [1.82, 2.24) is 15.2 Å². The highest BCUT2D eigenvalue weighted by Crippen LogP contribution is 2.25. The van der Waals surface area contributed by atoms with Gasteiger partial charge >= 0.3 is 0 Å². The number of benzene rings is 1. The highest BCUT2D eigenvalue weighted by atomic mass is 16.3. The summed E-state index contributed by atoms with van der Waals surface area (Å²) in [6.45, 7) is 4.83. The van der Waals surface area contributed by atoms with Gasteiger partial charge in [-0.05, 0) is 36.1 Å². The lowest BCUT2D eigenvalue weighted by Crippen LogP contribution is -2.07. The lowest BCUT2D eigenvalue weighted by Gasteiger charge is -2.14. The second-order valence-corrected chi connectivity index (χ2v) is 5.38. The van der Waals surface area contributed by atoms with Crippen molar-refractivity contribution in [2.75, 3.05) is 10.6 Å². The Morgan fingerprint density at radius 2 is 1.83 bits per heavy atom. The fourth-order valence-corrected chi connectivity index (χ4v) is 2.55. The molecule has 0 atom stereocenters. The standard InChI is InChI=1S/C18H21N5O/c1-3-13-7-5-8-14(4-2)17(13)22-18-21-16(12-20-23-18)19-11-15-9-6-10-24-15/h5-10,12H,3-4,11H2,1-2H3,(H2,19,21,22,23). The van der Waals surface area contributed by atoms with Crippen LogP contribution in [0, 0.1) is 0 Å². The van der Waals surface area contributed by atoms with Crippen LogP contribution >= 0.6 is 0 Å². The van der Waals surface area contributed by atoms with E-state index in [4.69, 9.17) is 4.42 Å². The Hall–Kier alpha value is -2.89. The zero-order valence-electron chi connectivity index (χ0n) is 13.9. The van der Waals surface area contributed by atoms with Gasteiger partial charge in [0.25, 0.3) is 0 Å². The summed E-state index contributed by atoms with van der Waals surface area (Å²) in [5, 5.41) is 14.6. The first kappa shape index (κ1) is 16.0. The SMILES string of the molecule is CCc1cccc(CC)c1Nc1nncc(NCc2ccco2)n1. The lowest BCUT2D eigenvalue weighted by atomic mass is 10.0. The fourth-order valence-electron chi connectivity index (χ4n) is 2.55. The van der Waals surface area contributed by atoms with Crippen molar-refractivity contribution in [2.24, 2.45) is 0 Å². The van der Waals surface area contributed by atoms with Crippen LogP contribution in [0.4, 0.5) is 17.5 Å². The predicted molar refractivity (Wildman–Crippen MR) is 94.3 cm³/mol. The lowest BCUT2D eigenvalue weighted by molar-refractivity contribution is 0.517. The maximum Gasteiger partial charge on any atom is 0.249 e. The van der Waals surface area contributed by atoms with Gasteiger partial charge in [-0.3, -0.25) is 0 Å². The molecule has 2 N–H and O–H groups in total. The van der Waals surface area contributed by atoms with Crippen molar-refractivity contribution >= 4 is 17.5 Å². The summed E-state index contributed by atoms with van der Waals surface area (Å²) < 4.78 is 5.30. The Kier molecular flexibility index (Phi) is 5.05. The molecule has 24 heavy (non-hydrogen) atoms. The van der Waals surface area contributed by atoms with Crippen molar-refractivity contribution in [1.29, 1.82) is 0 Å². The van der Waals surface area contributed by atoms with Gasteiger partial charge in [0.2, 0.25) is 5.95 Å². The number of hydrogen-bond donors (Lipinski definition) is 2. The molecule has 3 aromatic rings. The molecule has 1 aromatic carbocycles. The molecule has 0 spiro atoms. The van der Waals surface area contributed by atoms with E-state index in [1.807, 2.05) is 12.1 Å². The maximum atomic E-state index is 5.30. The van der Waals surface area contributed by atoms with Crippen molar-refractivity contribution in [3.8, 4) is 0 Å². The number of hydrogen-bond acceptors (Lipinski definition) is 6. The van der Waals surface area contributed by atoms with Crippen LogP contribution in [0.3, 0.4) is 0 Å². The number of nitrogens with one attached hydrogen (secondary N) is 2. The molecule has 0 bridgehead atoms. The topological polar surface area (TPSA) is 75.9 Å². The molecule has 0 aliphatic rings. The molecule has 0 saturated heterocycles. The second-order valence-electron chi connectivity index (χ2n) is 5.38. The molecule has 2 aromatic heterocycles. The van der Waals surface area contributed by atoms with Crippen LogP contribution in [0.2, 0.25) is 0 Å². The Morgan fingerprint density at radius 1 is 1.04 bits per heavy atom. The third kappa shape index (κ3) is 3.71. The van der Waals surface area contributed by atoms with Crippen LogP contribution in [0.15, 0.2) is 47.2 Å². The number of rotatable bonds is 7. The van der Waals surface area contributed by atoms with Crippen LogP contribution in [0.1, 0.15) is 30.7 Å². The number of aryl methyl sites for hydroxylation is 2. The number of anilines is 3. The van der Waals surface area contributed by atoms with E-state index in [-0.39, 0.29) is 0 Å². The van der Waals surface area contributed by atoms with Gasteiger partial charge in [-0.1, -0.05) is 32.0 Å². The zero-order valence-corrected chi connectivity index (χ0v) is 13.9. The Balaban J connectivity index is 1.77. The largest absolute Gasteiger partial charge is 0.467 e. The van der Waals surface area contributed by atoms with E-state index in [2.05, 4.69) is 57.9 Å². The number of para-hydroxylation sites is 1. The first-order chi connectivity index (χ1) is 11.8. The molecular weight excluding hydrogens is 302 g/mol. The average molecular weight is 323 g/mol. The summed E-state index contributed by atoms with van der Waals surface area (Å²) in [6, 6.07) is 10.1. The summed E-state index contributed by atoms with van der Waals surface area (Å²) in [4.78, 5) is 4.48. The quantitative estimate of drug-likeness (QED) is 0.686. The summed E-state index contributed by atoms with van der Waals surface area (Å²) in [6.07, 6.45) is 5.14. The molecule has 6 heteroatoms. The van der Waals surface area contributed by atoms with Crippen molar-refractivity contribution in [3.05, 3.63) is 59.7 Å². The maximum absolute atomic E-state index is 5.30. The highest BCUT2D eigenvalue weighted by Gasteiger charge is 2.09. The van der Waals surface area contributed by atoms with Crippen LogP contribution in [0.25, 0.3) is 0 Å². The van der Waals surface area contributed by atoms with Crippen molar-refractivity contribution in [3.63, 3.8) is 0 Å². The summed E-state index contributed by atoms with van der Waals surface area (Å²) in [7, 11) is 0. The van der Waals surface area contributed by atoms with Crippen LogP contribution in [-0.2, 0) is 19.4 Å². The molecule has 2 heterocycles. The third-order valence-electron chi connectivity index (χ3n) is 3.82. The normalized spacial score (nSPS) is 10.6. The van der Waals surface area contributed by atoms with Crippen LogP contribution in [-0.4, -0.2) is 15.2 Å².